The Hall–Kier alpha value is -1.55. The van der Waals surface area contributed by atoms with Crippen LogP contribution in [0.15, 0.2) is 24.3 Å². The molecule has 19 heavy (non-hydrogen) atoms. The number of nitrogens with two attached hydrogens (primary N) is 1. The smallest absolute Gasteiger partial charge is 0.251 e. The second kappa shape index (κ2) is 6.57. The van der Waals surface area contributed by atoms with E-state index in [4.69, 9.17) is 10.5 Å². The van der Waals surface area contributed by atoms with Crippen molar-refractivity contribution in [2.24, 2.45) is 11.1 Å². The molecule has 1 rings (SSSR count). The first kappa shape index (κ1) is 15.5. The highest BCUT2D eigenvalue weighted by molar-refractivity contribution is 5.94. The zero-order valence-electron chi connectivity index (χ0n) is 12.2. The van der Waals surface area contributed by atoms with E-state index in [2.05, 4.69) is 26.1 Å². The molecule has 106 valence electrons. The van der Waals surface area contributed by atoms with Gasteiger partial charge in [0.25, 0.3) is 5.91 Å². The summed E-state index contributed by atoms with van der Waals surface area (Å²) in [7, 11) is 1.60. The van der Waals surface area contributed by atoms with Crippen LogP contribution < -0.4 is 15.8 Å². The summed E-state index contributed by atoms with van der Waals surface area (Å²) in [5, 5.41) is 2.85. The topological polar surface area (TPSA) is 64.3 Å². The van der Waals surface area contributed by atoms with Gasteiger partial charge in [-0.3, -0.25) is 4.79 Å². The highest BCUT2D eigenvalue weighted by Gasteiger charge is 2.16. The minimum Gasteiger partial charge on any atom is -0.497 e. The van der Waals surface area contributed by atoms with Crippen LogP contribution in [0.4, 0.5) is 0 Å². The molecule has 0 aromatic heterocycles. The van der Waals surface area contributed by atoms with E-state index in [-0.39, 0.29) is 17.4 Å². The molecule has 4 heteroatoms. The van der Waals surface area contributed by atoms with Crippen LogP contribution in [-0.4, -0.2) is 25.6 Å². The minimum atomic E-state index is -0.105. The van der Waals surface area contributed by atoms with Gasteiger partial charge >= 0.3 is 0 Å². The molecule has 0 fully saturated rings. The molecule has 0 radical (unpaired) electrons. The Labute approximate surface area is 115 Å². The number of hydrogen-bond acceptors (Lipinski definition) is 3. The Balaban J connectivity index is 2.46. The molecule has 0 saturated carbocycles. The minimum absolute atomic E-state index is 0.0257. The van der Waals surface area contributed by atoms with Crippen molar-refractivity contribution < 1.29 is 9.53 Å². The van der Waals surface area contributed by atoms with Crippen molar-refractivity contribution in [1.29, 1.82) is 0 Å². The van der Waals surface area contributed by atoms with Crippen LogP contribution in [0.3, 0.4) is 0 Å². The first-order chi connectivity index (χ1) is 8.81. The molecule has 1 unspecified atom stereocenters. The Morgan fingerprint density at radius 2 is 1.89 bits per heavy atom. The van der Waals surface area contributed by atoms with E-state index in [1.807, 2.05) is 0 Å². The lowest BCUT2D eigenvalue weighted by Crippen LogP contribution is -2.39. The van der Waals surface area contributed by atoms with Gasteiger partial charge in [-0.25, -0.2) is 0 Å². The number of methoxy groups -OCH3 is 1. The van der Waals surface area contributed by atoms with Gasteiger partial charge in [-0.2, -0.15) is 0 Å². The number of carbonyl (C=O) groups is 1. The van der Waals surface area contributed by atoms with Gasteiger partial charge in [0.1, 0.15) is 5.75 Å². The Morgan fingerprint density at radius 3 is 2.37 bits per heavy atom. The van der Waals surface area contributed by atoms with Crippen molar-refractivity contribution in [1.82, 2.24) is 5.32 Å². The third kappa shape index (κ3) is 5.75. The maximum atomic E-state index is 11.9. The molecular formula is C15H24N2O2. The van der Waals surface area contributed by atoms with Crippen LogP contribution in [0.25, 0.3) is 0 Å². The molecule has 0 aliphatic heterocycles. The number of carbonyl (C=O) groups excluding carboxylic acids is 1. The lowest BCUT2D eigenvalue weighted by atomic mass is 9.88. The fourth-order valence-corrected chi connectivity index (χ4v) is 1.93. The summed E-state index contributed by atoms with van der Waals surface area (Å²) in [6, 6.07) is 6.99. The van der Waals surface area contributed by atoms with Gasteiger partial charge in [0.2, 0.25) is 0 Å². The summed E-state index contributed by atoms with van der Waals surface area (Å²) in [4.78, 5) is 11.9. The highest BCUT2D eigenvalue weighted by atomic mass is 16.5. The summed E-state index contributed by atoms with van der Waals surface area (Å²) in [5.41, 5.74) is 6.78. The summed E-state index contributed by atoms with van der Waals surface area (Å²) >= 11 is 0. The molecule has 0 saturated heterocycles. The van der Waals surface area contributed by atoms with Crippen LogP contribution in [0.5, 0.6) is 5.75 Å². The molecule has 0 spiro atoms. The average molecular weight is 264 g/mol. The molecule has 4 nitrogen and oxygen atoms in total. The number of ether oxygens (including phenoxy) is 1. The van der Waals surface area contributed by atoms with Crippen molar-refractivity contribution in [3.8, 4) is 5.75 Å². The van der Waals surface area contributed by atoms with E-state index >= 15 is 0 Å². The van der Waals surface area contributed by atoms with Crippen molar-refractivity contribution in [3.63, 3.8) is 0 Å². The third-order valence-electron chi connectivity index (χ3n) is 2.75. The molecule has 1 amide bonds. The molecule has 0 aliphatic rings. The van der Waals surface area contributed by atoms with Gasteiger partial charge in [0.05, 0.1) is 7.11 Å². The molecule has 1 atom stereocenters. The van der Waals surface area contributed by atoms with E-state index in [9.17, 15) is 4.79 Å². The maximum absolute atomic E-state index is 11.9. The molecule has 1 aromatic rings. The summed E-state index contributed by atoms with van der Waals surface area (Å²) in [6.45, 7) is 6.90. The first-order valence-corrected chi connectivity index (χ1v) is 6.49. The summed E-state index contributed by atoms with van der Waals surface area (Å²) in [5.74, 6) is 0.632. The van der Waals surface area contributed by atoms with E-state index in [1.165, 1.54) is 0 Å². The van der Waals surface area contributed by atoms with Crippen molar-refractivity contribution in [3.05, 3.63) is 29.8 Å². The van der Waals surface area contributed by atoms with Gasteiger partial charge in [-0.05, 0) is 36.1 Å². The molecule has 0 aliphatic carbocycles. The van der Waals surface area contributed by atoms with Gasteiger partial charge in [0.15, 0.2) is 0 Å². The number of amides is 1. The van der Waals surface area contributed by atoms with Crippen LogP contribution >= 0.6 is 0 Å². The normalized spacial score (nSPS) is 12.9. The number of hydrogen-bond donors (Lipinski definition) is 2. The predicted molar refractivity (Wildman–Crippen MR) is 77.4 cm³/mol. The largest absolute Gasteiger partial charge is 0.497 e. The van der Waals surface area contributed by atoms with Crippen molar-refractivity contribution >= 4 is 5.91 Å². The molecule has 3 N–H and O–H groups in total. The molecular weight excluding hydrogens is 240 g/mol. The summed E-state index contributed by atoms with van der Waals surface area (Å²) in [6.07, 6.45) is 0.871. The predicted octanol–water partition coefficient (Wildman–Crippen LogP) is 2.19. The van der Waals surface area contributed by atoms with E-state index < -0.39 is 0 Å². The SMILES string of the molecule is COc1ccc(C(=O)NCC(N)CC(C)(C)C)cc1. The Bertz CT molecular complexity index is 407. The van der Waals surface area contributed by atoms with Crippen LogP contribution in [0.2, 0.25) is 0 Å². The molecule has 0 bridgehead atoms. The summed E-state index contributed by atoms with van der Waals surface area (Å²) < 4.78 is 5.05. The quantitative estimate of drug-likeness (QED) is 0.857. The lowest BCUT2D eigenvalue weighted by molar-refractivity contribution is 0.0948. The fraction of sp³-hybridized carbons (Fsp3) is 0.533. The van der Waals surface area contributed by atoms with Gasteiger partial charge in [0, 0.05) is 18.2 Å². The van der Waals surface area contributed by atoms with Gasteiger partial charge in [-0.15, -0.1) is 0 Å². The van der Waals surface area contributed by atoms with Crippen molar-refractivity contribution in [2.75, 3.05) is 13.7 Å². The zero-order chi connectivity index (χ0) is 14.5. The Morgan fingerprint density at radius 1 is 1.32 bits per heavy atom. The second-order valence-electron chi connectivity index (χ2n) is 5.96. The second-order valence-corrected chi connectivity index (χ2v) is 5.96. The van der Waals surface area contributed by atoms with E-state index in [0.717, 1.165) is 12.2 Å². The lowest BCUT2D eigenvalue weighted by Gasteiger charge is -2.23. The van der Waals surface area contributed by atoms with Gasteiger partial charge in [-0.1, -0.05) is 20.8 Å². The van der Waals surface area contributed by atoms with E-state index in [0.29, 0.717) is 12.1 Å². The molecule has 0 heterocycles. The monoisotopic (exact) mass is 264 g/mol. The standard InChI is InChI=1S/C15H24N2O2/c1-15(2,3)9-12(16)10-17-14(18)11-5-7-13(19-4)8-6-11/h5-8,12H,9-10,16H2,1-4H3,(H,17,18). The van der Waals surface area contributed by atoms with Crippen LogP contribution in [0, 0.1) is 5.41 Å². The van der Waals surface area contributed by atoms with Gasteiger partial charge < -0.3 is 15.8 Å². The first-order valence-electron chi connectivity index (χ1n) is 6.49. The number of rotatable bonds is 5. The molecule has 1 aromatic carbocycles. The fourth-order valence-electron chi connectivity index (χ4n) is 1.93. The number of nitrogens with one attached hydrogen (secondary N) is 1. The van der Waals surface area contributed by atoms with Crippen LogP contribution in [0.1, 0.15) is 37.6 Å². The highest BCUT2D eigenvalue weighted by Crippen LogP contribution is 2.19. The Kier molecular flexibility index (Phi) is 5.36. The van der Waals surface area contributed by atoms with Crippen molar-refractivity contribution in [2.45, 2.75) is 33.2 Å². The van der Waals surface area contributed by atoms with E-state index in [1.54, 1.807) is 31.4 Å². The van der Waals surface area contributed by atoms with Crippen LogP contribution in [-0.2, 0) is 0 Å². The maximum Gasteiger partial charge on any atom is 0.251 e. The third-order valence-corrected chi connectivity index (χ3v) is 2.75. The average Bonchev–Trinajstić information content (AvgIpc) is 2.34. The number of benzene rings is 1. The zero-order valence-corrected chi connectivity index (χ0v) is 12.2.